The second-order valence-electron chi connectivity index (χ2n) is 18.0. The number of likely N-dealkylation sites (N-methyl/N-ethyl adjacent to an activating group) is 1. The fourth-order valence-electron chi connectivity index (χ4n) is 9.79. The van der Waals surface area contributed by atoms with Crippen LogP contribution in [0.3, 0.4) is 0 Å². The first kappa shape index (κ1) is 48.0. The molecule has 16 nitrogen and oxygen atoms in total. The number of alkyl carbamates (subject to hydrolysis) is 2. The normalized spacial score (nSPS) is 38.2. The zero-order valence-corrected chi connectivity index (χ0v) is 37.4. The highest BCUT2D eigenvalue weighted by Gasteiger charge is 2.57. The van der Waals surface area contributed by atoms with Gasteiger partial charge in [-0.05, 0) is 96.3 Å². The lowest BCUT2D eigenvalue weighted by molar-refractivity contribution is -0.302. The molecule has 3 unspecified atom stereocenters. The Kier molecular flexibility index (Phi) is 15.7. The van der Waals surface area contributed by atoms with Crippen LogP contribution < -0.4 is 16.4 Å². The SMILES string of the molecule is C=C1COC2[C@@H](C)C(=O)O[C@H](CC)[C@@]3(C)OC(=O)NC3[C@@H](C)/C(=C/COC(=O)NCc3cccc(C(N)=O)c3)[C@H](C)C[C@@](C)(OC1)[C@H](OC1O[C@H](C)C[C@H](N(C)C)[C@H]1O)[C@H]2C. The van der Waals surface area contributed by atoms with Crippen molar-refractivity contribution in [1.29, 1.82) is 0 Å². The predicted molar refractivity (Wildman–Crippen MR) is 225 cm³/mol. The minimum Gasteiger partial charge on any atom is -0.458 e. The first-order valence-corrected chi connectivity index (χ1v) is 21.5. The molecule has 1 aromatic rings. The molecule has 0 aliphatic carbocycles. The molecule has 61 heavy (non-hydrogen) atoms. The Morgan fingerprint density at radius 1 is 1.11 bits per heavy atom. The third-order valence-electron chi connectivity index (χ3n) is 13.1. The molecule has 4 aliphatic heterocycles. The van der Waals surface area contributed by atoms with Crippen molar-refractivity contribution in [2.45, 2.75) is 141 Å². The maximum Gasteiger partial charge on any atom is 0.408 e. The Bertz CT molecular complexity index is 1790. The van der Waals surface area contributed by atoms with Gasteiger partial charge in [0.05, 0.1) is 49.1 Å². The van der Waals surface area contributed by atoms with Crippen LogP contribution in [0.4, 0.5) is 9.59 Å². The van der Waals surface area contributed by atoms with Crippen LogP contribution in [0.5, 0.6) is 0 Å². The highest BCUT2D eigenvalue weighted by atomic mass is 16.7. The van der Waals surface area contributed by atoms with Crippen molar-refractivity contribution in [1.82, 2.24) is 15.5 Å². The van der Waals surface area contributed by atoms with E-state index in [2.05, 4.69) is 17.2 Å². The molecule has 14 atom stereocenters. The minimum absolute atomic E-state index is 0.0988. The summed E-state index contributed by atoms with van der Waals surface area (Å²) in [5.74, 6) is -3.22. The molecule has 0 aromatic heterocycles. The summed E-state index contributed by atoms with van der Waals surface area (Å²) in [4.78, 5) is 54.2. The maximum absolute atomic E-state index is 14.3. The summed E-state index contributed by atoms with van der Waals surface area (Å²) in [7, 11) is 3.82. The Morgan fingerprint density at radius 2 is 1.84 bits per heavy atom. The zero-order chi connectivity index (χ0) is 45.0. The molecule has 16 heteroatoms. The number of carbonyl (C=O) groups is 4. The fraction of sp³-hybridized carbons (Fsp3) is 0.689. The number of cyclic esters (lactones) is 1. The molecular formula is C45H68N4O12. The third kappa shape index (κ3) is 10.9. The Hall–Kier alpha value is -4.06. The van der Waals surface area contributed by atoms with Crippen molar-refractivity contribution >= 4 is 24.1 Å². The van der Waals surface area contributed by atoms with Gasteiger partial charge in [-0.25, -0.2) is 9.59 Å². The molecule has 4 saturated heterocycles. The number of hydrogen-bond donors (Lipinski definition) is 4. The van der Waals surface area contributed by atoms with E-state index in [4.69, 9.17) is 38.9 Å². The smallest absolute Gasteiger partial charge is 0.408 e. The van der Waals surface area contributed by atoms with E-state index in [0.717, 1.165) is 5.57 Å². The summed E-state index contributed by atoms with van der Waals surface area (Å²) in [6, 6.07) is 5.71. The van der Waals surface area contributed by atoms with Crippen LogP contribution in [0.25, 0.3) is 0 Å². The number of esters is 1. The number of primary amides is 1. The molecule has 1 aromatic carbocycles. The summed E-state index contributed by atoms with van der Waals surface area (Å²) in [5.41, 5.74) is 5.47. The third-order valence-corrected chi connectivity index (χ3v) is 13.1. The highest BCUT2D eigenvalue weighted by Crippen LogP contribution is 2.44. The highest BCUT2D eigenvalue weighted by molar-refractivity contribution is 5.92. The van der Waals surface area contributed by atoms with Crippen molar-refractivity contribution in [3.8, 4) is 0 Å². The Balaban J connectivity index is 1.56. The lowest BCUT2D eigenvalue weighted by Gasteiger charge is -2.49. The maximum atomic E-state index is 14.3. The second-order valence-corrected chi connectivity index (χ2v) is 18.0. The van der Waals surface area contributed by atoms with E-state index in [1.807, 2.05) is 66.6 Å². The number of ether oxygens (including phenoxy) is 7. The molecule has 5 N–H and O–H groups in total. The molecule has 2 bridgehead atoms. The Labute approximate surface area is 360 Å². The van der Waals surface area contributed by atoms with Gasteiger partial charge < -0.3 is 59.5 Å². The van der Waals surface area contributed by atoms with Gasteiger partial charge in [-0.15, -0.1) is 0 Å². The van der Waals surface area contributed by atoms with Gasteiger partial charge in [-0.1, -0.05) is 52.0 Å². The average Bonchev–Trinajstić information content (AvgIpc) is 3.54. The quantitative estimate of drug-likeness (QED) is 0.152. The molecule has 3 amide bonds. The lowest BCUT2D eigenvalue weighted by atomic mass is 9.71. The van der Waals surface area contributed by atoms with E-state index in [-0.39, 0.29) is 44.4 Å². The van der Waals surface area contributed by atoms with Crippen LogP contribution in [0.1, 0.15) is 90.6 Å². The predicted octanol–water partition coefficient (Wildman–Crippen LogP) is 4.62. The van der Waals surface area contributed by atoms with Gasteiger partial charge in [0.1, 0.15) is 18.8 Å². The summed E-state index contributed by atoms with van der Waals surface area (Å²) >= 11 is 0. The van der Waals surface area contributed by atoms with Crippen LogP contribution in [-0.2, 0) is 44.5 Å². The molecule has 5 rings (SSSR count). The van der Waals surface area contributed by atoms with Gasteiger partial charge >= 0.3 is 18.2 Å². The molecule has 4 heterocycles. The number of nitrogens with two attached hydrogens (primary N) is 1. The van der Waals surface area contributed by atoms with E-state index < -0.39 is 89.8 Å². The monoisotopic (exact) mass is 856 g/mol. The lowest BCUT2D eigenvalue weighted by Crippen LogP contribution is -2.60. The summed E-state index contributed by atoms with van der Waals surface area (Å²) in [6.45, 7) is 19.7. The number of aliphatic hydroxyl groups is 1. The van der Waals surface area contributed by atoms with Crippen molar-refractivity contribution in [3.05, 3.63) is 59.2 Å². The van der Waals surface area contributed by atoms with Crippen molar-refractivity contribution in [2.24, 2.45) is 29.4 Å². The van der Waals surface area contributed by atoms with Crippen LogP contribution in [-0.4, -0.2) is 128 Å². The first-order valence-electron chi connectivity index (χ1n) is 21.5. The van der Waals surface area contributed by atoms with Crippen LogP contribution in [0.2, 0.25) is 0 Å². The van der Waals surface area contributed by atoms with Gasteiger partial charge in [-0.2, -0.15) is 0 Å². The first-order chi connectivity index (χ1) is 28.7. The molecule has 0 saturated carbocycles. The molecular weight excluding hydrogens is 789 g/mol. The fourth-order valence-corrected chi connectivity index (χ4v) is 9.79. The van der Waals surface area contributed by atoms with Gasteiger partial charge in [0, 0.05) is 30.0 Å². The van der Waals surface area contributed by atoms with E-state index >= 15 is 0 Å². The van der Waals surface area contributed by atoms with Gasteiger partial charge in [0.2, 0.25) is 5.91 Å². The topological polar surface area (TPSA) is 206 Å². The van der Waals surface area contributed by atoms with E-state index in [1.165, 1.54) is 0 Å². The zero-order valence-electron chi connectivity index (χ0n) is 37.4. The van der Waals surface area contributed by atoms with Gasteiger partial charge in [0.25, 0.3) is 0 Å². The summed E-state index contributed by atoms with van der Waals surface area (Å²) in [6.07, 6.45) is -2.93. The van der Waals surface area contributed by atoms with Crippen molar-refractivity contribution < 1.29 is 57.4 Å². The summed E-state index contributed by atoms with van der Waals surface area (Å²) in [5, 5.41) is 17.4. The molecule has 0 radical (unpaired) electrons. The van der Waals surface area contributed by atoms with E-state index in [1.54, 1.807) is 38.1 Å². The number of rotatable bonds is 9. The van der Waals surface area contributed by atoms with Crippen LogP contribution in [0, 0.1) is 23.7 Å². The van der Waals surface area contributed by atoms with Crippen molar-refractivity contribution in [3.63, 3.8) is 0 Å². The van der Waals surface area contributed by atoms with Crippen LogP contribution in [0.15, 0.2) is 48.1 Å². The average molecular weight is 857 g/mol. The van der Waals surface area contributed by atoms with Gasteiger partial charge in [0.15, 0.2) is 11.9 Å². The van der Waals surface area contributed by atoms with Gasteiger partial charge in [-0.3, -0.25) is 9.59 Å². The Morgan fingerprint density at radius 3 is 2.51 bits per heavy atom. The number of fused-ring (bicyclic) bond motifs is 4. The van der Waals surface area contributed by atoms with E-state index in [0.29, 0.717) is 36.0 Å². The number of benzene rings is 1. The number of carbonyl (C=O) groups excluding carboxylic acids is 4. The molecule has 340 valence electrons. The molecule has 4 fully saturated rings. The van der Waals surface area contributed by atoms with E-state index in [9.17, 15) is 24.3 Å². The van der Waals surface area contributed by atoms with Crippen LogP contribution >= 0.6 is 0 Å². The number of hydrogen-bond acceptors (Lipinski definition) is 13. The standard InChI is InChI=1S/C45H68N4O12/c1-12-34-45(9)37(48-43(54)61-45)27(5)32(16-17-55-42(53)47-21-30-14-13-15-31(19-30)39(46)51)25(3)20-44(8)38(60-41-35(50)33(49(10)11)18-26(4)58-41)28(6)36(29(7)40(52)59-34)56-22-24(2)23-57-44/h13-16,19,25-29,33-38,41,50H,2,12,17-18,20-23H2,1,3-11H3,(H2,46,51)(H,47,53)(H,48,54)/b32-16+/t25-,26-,27+,28+,29-,33+,34-,35-,36?,37?,38-,41?,44-,45-/m1/s1. The largest absolute Gasteiger partial charge is 0.458 e. The minimum atomic E-state index is -1.29. The van der Waals surface area contributed by atoms with Crippen molar-refractivity contribution in [2.75, 3.05) is 33.9 Å². The molecule has 0 spiro atoms. The number of amides is 3. The second kappa shape index (κ2) is 20.0. The number of aliphatic hydroxyl groups excluding tert-OH is 1. The summed E-state index contributed by atoms with van der Waals surface area (Å²) < 4.78 is 44.7. The number of nitrogens with zero attached hydrogens (tertiary/aromatic N) is 1. The molecule has 4 aliphatic rings. The number of nitrogens with one attached hydrogen (secondary N) is 2.